The Labute approximate surface area is 185 Å². The van der Waals surface area contributed by atoms with Crippen molar-refractivity contribution >= 4 is 28.3 Å². The van der Waals surface area contributed by atoms with Gasteiger partial charge in [-0.05, 0) is 43.2 Å². The summed E-state index contributed by atoms with van der Waals surface area (Å²) in [7, 11) is 0. The Morgan fingerprint density at radius 2 is 1.81 bits per heavy atom. The van der Waals surface area contributed by atoms with Gasteiger partial charge in [0.25, 0.3) is 0 Å². The number of benzene rings is 2. The van der Waals surface area contributed by atoms with Gasteiger partial charge in [0, 0.05) is 30.2 Å². The number of hydrogen-bond acceptors (Lipinski definition) is 7. The lowest BCUT2D eigenvalue weighted by Gasteiger charge is -2.24. The van der Waals surface area contributed by atoms with Crippen molar-refractivity contribution in [3.63, 3.8) is 0 Å². The lowest BCUT2D eigenvalue weighted by Crippen LogP contribution is -2.35. The molecule has 3 aromatic rings. The van der Waals surface area contributed by atoms with Crippen LogP contribution in [-0.4, -0.2) is 46.9 Å². The molecule has 4 rings (SSSR count). The van der Waals surface area contributed by atoms with Crippen molar-refractivity contribution in [2.24, 2.45) is 0 Å². The van der Waals surface area contributed by atoms with E-state index in [-0.39, 0.29) is 25.3 Å². The molecule has 166 valence electrons. The van der Waals surface area contributed by atoms with Crippen LogP contribution in [0.2, 0.25) is 0 Å². The Hall–Kier alpha value is -3.29. The monoisotopic (exact) mass is 435 g/mol. The smallest absolute Gasteiger partial charge is 0.302 e. The molecular formula is C25H25NO6. The van der Waals surface area contributed by atoms with Gasteiger partial charge in [-0.15, -0.1) is 0 Å². The number of carbonyl (C=O) groups is 3. The highest BCUT2D eigenvalue weighted by molar-refractivity contribution is 6.54. The first-order valence-corrected chi connectivity index (χ1v) is 10.5. The number of aryl methyl sites for hydroxylation is 1. The fourth-order valence-corrected chi connectivity index (χ4v) is 4.24. The fraction of sp³-hybridized carbons (Fsp3) is 0.320. The van der Waals surface area contributed by atoms with Gasteiger partial charge in [-0.2, -0.15) is 0 Å². The number of nitrogens with zero attached hydrogens (tertiary/aromatic N) is 1. The molecule has 0 amide bonds. The summed E-state index contributed by atoms with van der Waals surface area (Å²) < 4.78 is 11.1. The SMILES string of the molecule is CC(=O)OCCN(Cc1oc2c(c1C)C(=O)C(=O)c1c-2ccc2c(C)cccc12)C(C)O. The normalized spacial score (nSPS) is 13.9. The van der Waals surface area contributed by atoms with E-state index in [2.05, 4.69) is 0 Å². The summed E-state index contributed by atoms with van der Waals surface area (Å²) in [5.74, 6) is -0.662. The summed E-state index contributed by atoms with van der Waals surface area (Å²) in [6.45, 7) is 7.23. The Morgan fingerprint density at radius 3 is 2.50 bits per heavy atom. The summed E-state index contributed by atoms with van der Waals surface area (Å²) in [5, 5.41) is 11.8. The molecule has 1 unspecified atom stereocenters. The van der Waals surface area contributed by atoms with Gasteiger partial charge in [0.1, 0.15) is 24.4 Å². The molecule has 7 heteroatoms. The summed E-state index contributed by atoms with van der Waals surface area (Å²) in [4.78, 5) is 38.9. The van der Waals surface area contributed by atoms with Crippen LogP contribution >= 0.6 is 0 Å². The second kappa shape index (κ2) is 8.33. The molecule has 1 aromatic heterocycles. The number of aliphatic hydroxyl groups excluding tert-OH is 1. The maximum atomic E-state index is 13.1. The number of hydrogen-bond donors (Lipinski definition) is 1. The Balaban J connectivity index is 1.78. The van der Waals surface area contributed by atoms with Gasteiger partial charge in [-0.3, -0.25) is 19.3 Å². The number of rotatable bonds is 6. The molecule has 0 fully saturated rings. The third kappa shape index (κ3) is 3.63. The lowest BCUT2D eigenvalue weighted by atomic mass is 9.83. The van der Waals surface area contributed by atoms with Crippen molar-refractivity contribution in [3.05, 3.63) is 58.3 Å². The molecule has 0 saturated carbocycles. The van der Waals surface area contributed by atoms with E-state index in [1.807, 2.05) is 37.3 Å². The van der Waals surface area contributed by atoms with E-state index in [9.17, 15) is 19.5 Å². The van der Waals surface area contributed by atoms with Crippen LogP contribution < -0.4 is 0 Å². The molecule has 0 saturated heterocycles. The predicted octanol–water partition coefficient (Wildman–Crippen LogP) is 3.80. The molecule has 1 aliphatic rings. The summed E-state index contributed by atoms with van der Waals surface area (Å²) in [6, 6.07) is 9.44. The number of furan rings is 1. The average Bonchev–Trinajstić information content (AvgIpc) is 3.07. The van der Waals surface area contributed by atoms with Gasteiger partial charge in [0.05, 0.1) is 12.1 Å². The number of aliphatic hydroxyl groups is 1. The standard InChI is InChI=1S/C25H25NO6/c1-13-6-5-7-18-17(13)8-9-19-22(18)24(30)23(29)21-14(2)20(32-25(19)21)12-26(15(3)27)10-11-31-16(4)28/h5-9,15,27H,10-12H2,1-4H3. The van der Waals surface area contributed by atoms with Crippen LogP contribution in [0.1, 0.15) is 51.5 Å². The first kappa shape index (κ1) is 21.9. The van der Waals surface area contributed by atoms with Gasteiger partial charge in [-0.1, -0.05) is 24.3 Å². The quantitative estimate of drug-likeness (QED) is 0.357. The third-order valence-electron chi connectivity index (χ3n) is 5.99. The second-order valence-corrected chi connectivity index (χ2v) is 8.11. The van der Waals surface area contributed by atoms with Crippen molar-refractivity contribution in [2.75, 3.05) is 13.2 Å². The van der Waals surface area contributed by atoms with E-state index >= 15 is 0 Å². The number of ketones is 2. The molecular weight excluding hydrogens is 410 g/mol. The van der Waals surface area contributed by atoms with Crippen molar-refractivity contribution in [1.82, 2.24) is 4.90 Å². The van der Waals surface area contributed by atoms with Gasteiger partial charge < -0.3 is 14.3 Å². The van der Waals surface area contributed by atoms with Crippen LogP contribution in [0.3, 0.4) is 0 Å². The van der Waals surface area contributed by atoms with Crippen LogP contribution in [0.5, 0.6) is 0 Å². The van der Waals surface area contributed by atoms with Gasteiger partial charge in [0.2, 0.25) is 11.6 Å². The zero-order chi connectivity index (χ0) is 23.2. The third-order valence-corrected chi connectivity index (χ3v) is 5.99. The zero-order valence-electron chi connectivity index (χ0n) is 18.5. The Kier molecular flexibility index (Phi) is 5.71. The topological polar surface area (TPSA) is 97.0 Å². The maximum absolute atomic E-state index is 13.1. The zero-order valence-corrected chi connectivity index (χ0v) is 18.5. The van der Waals surface area contributed by atoms with Crippen molar-refractivity contribution in [3.8, 4) is 11.3 Å². The molecule has 1 heterocycles. The minimum atomic E-state index is -0.830. The van der Waals surface area contributed by atoms with Crippen LogP contribution in [-0.2, 0) is 16.1 Å². The van der Waals surface area contributed by atoms with Crippen LogP contribution in [0.15, 0.2) is 34.7 Å². The Bertz CT molecular complexity index is 1250. The molecule has 0 radical (unpaired) electrons. The Morgan fingerprint density at radius 1 is 1.09 bits per heavy atom. The fourth-order valence-electron chi connectivity index (χ4n) is 4.24. The first-order chi connectivity index (χ1) is 15.2. The van der Waals surface area contributed by atoms with E-state index in [4.69, 9.17) is 9.15 Å². The van der Waals surface area contributed by atoms with E-state index < -0.39 is 23.8 Å². The number of carbonyl (C=O) groups excluding carboxylic acids is 3. The highest BCUT2D eigenvalue weighted by Crippen LogP contribution is 2.41. The molecule has 32 heavy (non-hydrogen) atoms. The van der Waals surface area contributed by atoms with Gasteiger partial charge in [0.15, 0.2) is 0 Å². The largest absolute Gasteiger partial charge is 0.465 e. The predicted molar refractivity (Wildman–Crippen MR) is 119 cm³/mol. The van der Waals surface area contributed by atoms with Gasteiger partial charge >= 0.3 is 5.97 Å². The number of ether oxygens (including phenoxy) is 1. The van der Waals surface area contributed by atoms with Crippen molar-refractivity contribution < 1.29 is 28.6 Å². The molecule has 1 aliphatic carbocycles. The lowest BCUT2D eigenvalue weighted by molar-refractivity contribution is -0.142. The van der Waals surface area contributed by atoms with E-state index in [0.29, 0.717) is 28.2 Å². The van der Waals surface area contributed by atoms with E-state index in [0.717, 1.165) is 16.3 Å². The average molecular weight is 435 g/mol. The second-order valence-electron chi connectivity index (χ2n) is 8.11. The number of fused-ring (bicyclic) bond motifs is 5. The number of esters is 1. The minimum absolute atomic E-state index is 0.116. The minimum Gasteiger partial charge on any atom is -0.465 e. The highest BCUT2D eigenvalue weighted by Gasteiger charge is 2.37. The molecule has 7 nitrogen and oxygen atoms in total. The first-order valence-electron chi connectivity index (χ1n) is 10.5. The maximum Gasteiger partial charge on any atom is 0.302 e. The van der Waals surface area contributed by atoms with Crippen molar-refractivity contribution in [2.45, 2.75) is 40.5 Å². The highest BCUT2D eigenvalue weighted by atomic mass is 16.5. The summed E-state index contributed by atoms with van der Waals surface area (Å²) >= 11 is 0. The molecule has 1 atom stereocenters. The van der Waals surface area contributed by atoms with Crippen LogP contribution in [0.25, 0.3) is 22.1 Å². The summed E-state index contributed by atoms with van der Waals surface area (Å²) in [5.41, 5.74) is 2.83. The number of Topliss-reactive ketones (excluding diaryl/α,β-unsaturated/α-hetero) is 2. The molecule has 0 aliphatic heterocycles. The molecule has 0 spiro atoms. The van der Waals surface area contributed by atoms with Crippen LogP contribution in [0, 0.1) is 13.8 Å². The summed E-state index contributed by atoms with van der Waals surface area (Å²) in [6.07, 6.45) is -0.830. The molecule has 2 aromatic carbocycles. The van der Waals surface area contributed by atoms with Gasteiger partial charge in [-0.25, -0.2) is 0 Å². The molecule has 1 N–H and O–H groups in total. The van der Waals surface area contributed by atoms with Crippen molar-refractivity contribution in [1.29, 1.82) is 0 Å². The van der Waals surface area contributed by atoms with E-state index in [1.54, 1.807) is 18.7 Å². The molecule has 0 bridgehead atoms. The van der Waals surface area contributed by atoms with Crippen LogP contribution in [0.4, 0.5) is 0 Å². The van der Waals surface area contributed by atoms with E-state index in [1.165, 1.54) is 6.92 Å².